The molecule has 1 saturated heterocycles. The van der Waals surface area contributed by atoms with Gasteiger partial charge in [0, 0.05) is 18.7 Å². The number of anilines is 1. The van der Waals surface area contributed by atoms with Crippen LogP contribution in [0, 0.1) is 0 Å². The van der Waals surface area contributed by atoms with Gasteiger partial charge in [-0.15, -0.1) is 0 Å². The zero-order chi connectivity index (χ0) is 19.4. The molecule has 144 valence electrons. The van der Waals surface area contributed by atoms with Crippen LogP contribution in [0.1, 0.15) is 28.8 Å². The fourth-order valence-electron chi connectivity index (χ4n) is 2.93. The summed E-state index contributed by atoms with van der Waals surface area (Å²) < 4.78 is 31.1. The molecule has 2 aromatic rings. The molecular weight excluding hydrogens is 388 g/mol. The number of nitrogens with one attached hydrogen (secondary N) is 1. The van der Waals surface area contributed by atoms with Crippen molar-refractivity contribution in [1.29, 1.82) is 0 Å². The Balaban J connectivity index is 1.75. The van der Waals surface area contributed by atoms with E-state index in [0.29, 0.717) is 35.8 Å². The highest BCUT2D eigenvalue weighted by molar-refractivity contribution is 7.92. The third-order valence-corrected chi connectivity index (χ3v) is 6.61. The third kappa shape index (κ3) is 4.54. The van der Waals surface area contributed by atoms with Crippen molar-refractivity contribution < 1.29 is 17.9 Å². The van der Waals surface area contributed by atoms with Crippen LogP contribution >= 0.6 is 11.6 Å². The van der Waals surface area contributed by atoms with Crippen molar-refractivity contribution >= 4 is 33.2 Å². The van der Waals surface area contributed by atoms with E-state index in [2.05, 4.69) is 5.32 Å². The summed E-state index contributed by atoms with van der Waals surface area (Å²) in [6, 6.07) is 12.1. The van der Waals surface area contributed by atoms with E-state index in [9.17, 15) is 13.2 Å². The van der Waals surface area contributed by atoms with Gasteiger partial charge < -0.3 is 10.1 Å². The van der Waals surface area contributed by atoms with Crippen LogP contribution in [0.4, 0.5) is 5.69 Å². The van der Waals surface area contributed by atoms with E-state index in [1.165, 1.54) is 10.4 Å². The maximum atomic E-state index is 12.5. The zero-order valence-corrected chi connectivity index (χ0v) is 16.5. The largest absolute Gasteiger partial charge is 0.497 e. The number of methoxy groups -OCH3 is 1. The van der Waals surface area contributed by atoms with Crippen molar-refractivity contribution in [2.24, 2.45) is 0 Å². The molecule has 1 amide bonds. The van der Waals surface area contributed by atoms with Crippen molar-refractivity contribution in [3.05, 3.63) is 58.6 Å². The lowest BCUT2D eigenvalue weighted by Crippen LogP contribution is -2.38. The molecule has 3 rings (SSSR count). The van der Waals surface area contributed by atoms with Gasteiger partial charge in [0.25, 0.3) is 5.91 Å². The fraction of sp³-hybridized carbons (Fsp3) is 0.316. The Morgan fingerprint density at radius 1 is 1.19 bits per heavy atom. The molecule has 0 spiro atoms. The number of hydrogen-bond donors (Lipinski definition) is 1. The van der Waals surface area contributed by atoms with Gasteiger partial charge in [-0.3, -0.25) is 9.10 Å². The van der Waals surface area contributed by atoms with Crippen LogP contribution in [-0.2, 0) is 16.6 Å². The van der Waals surface area contributed by atoms with E-state index in [4.69, 9.17) is 16.3 Å². The normalized spacial score (nSPS) is 16.0. The fourth-order valence-corrected chi connectivity index (χ4v) is 4.85. The lowest BCUT2D eigenvalue weighted by atomic mass is 10.1. The molecule has 0 radical (unpaired) electrons. The summed E-state index contributed by atoms with van der Waals surface area (Å²) >= 11 is 6.21. The molecule has 1 heterocycles. The van der Waals surface area contributed by atoms with Crippen molar-refractivity contribution in [3.63, 3.8) is 0 Å². The Morgan fingerprint density at radius 2 is 1.93 bits per heavy atom. The second-order valence-corrected chi connectivity index (χ2v) is 8.71. The van der Waals surface area contributed by atoms with Crippen LogP contribution in [0.5, 0.6) is 5.75 Å². The summed E-state index contributed by atoms with van der Waals surface area (Å²) in [5.74, 6) is 0.547. The van der Waals surface area contributed by atoms with Gasteiger partial charge >= 0.3 is 0 Å². The Bertz CT molecular complexity index is 929. The first-order chi connectivity index (χ1) is 12.9. The van der Waals surface area contributed by atoms with Crippen molar-refractivity contribution in [3.8, 4) is 5.75 Å². The number of nitrogens with zero attached hydrogens (tertiary/aromatic N) is 1. The van der Waals surface area contributed by atoms with Gasteiger partial charge in [-0.1, -0.05) is 23.7 Å². The van der Waals surface area contributed by atoms with Gasteiger partial charge in [-0.05, 0) is 48.7 Å². The molecule has 1 N–H and O–H groups in total. The third-order valence-electron chi connectivity index (χ3n) is 4.44. The van der Waals surface area contributed by atoms with Crippen LogP contribution in [0.15, 0.2) is 42.5 Å². The van der Waals surface area contributed by atoms with E-state index >= 15 is 0 Å². The summed E-state index contributed by atoms with van der Waals surface area (Å²) in [6.45, 7) is 0.724. The second-order valence-electron chi connectivity index (χ2n) is 6.29. The molecule has 0 atom stereocenters. The number of rotatable bonds is 5. The maximum absolute atomic E-state index is 12.5. The number of carbonyl (C=O) groups excluding carboxylic acids is 1. The average molecular weight is 409 g/mol. The molecule has 1 aliphatic rings. The average Bonchev–Trinajstić information content (AvgIpc) is 2.67. The summed E-state index contributed by atoms with van der Waals surface area (Å²) in [6.07, 6.45) is 1.40. The van der Waals surface area contributed by atoms with Crippen LogP contribution in [0.3, 0.4) is 0 Å². The van der Waals surface area contributed by atoms with E-state index < -0.39 is 10.0 Å². The van der Waals surface area contributed by atoms with Gasteiger partial charge in [0.1, 0.15) is 5.75 Å². The van der Waals surface area contributed by atoms with E-state index in [-0.39, 0.29) is 11.7 Å². The molecule has 6 nitrogen and oxygen atoms in total. The minimum Gasteiger partial charge on any atom is -0.497 e. The number of benzene rings is 2. The van der Waals surface area contributed by atoms with Gasteiger partial charge in [0.2, 0.25) is 10.0 Å². The standard InChI is InChI=1S/C19H21ClN2O4S/c1-26-16-7-4-14(5-8-16)13-21-19(23)15-6-9-17(20)18(12-15)22-10-2-3-11-27(22,24)25/h4-9,12H,2-3,10-11,13H2,1H3,(H,21,23). The van der Waals surface area contributed by atoms with E-state index in [1.807, 2.05) is 24.3 Å². The second kappa shape index (κ2) is 8.19. The number of hydrogen-bond acceptors (Lipinski definition) is 4. The highest BCUT2D eigenvalue weighted by atomic mass is 35.5. The first kappa shape index (κ1) is 19.5. The smallest absolute Gasteiger partial charge is 0.251 e. The SMILES string of the molecule is COc1ccc(CNC(=O)c2ccc(Cl)c(N3CCCCS3(=O)=O)c2)cc1. The number of amides is 1. The van der Waals surface area contributed by atoms with Gasteiger partial charge in [-0.2, -0.15) is 0 Å². The highest BCUT2D eigenvalue weighted by Crippen LogP contribution is 2.31. The van der Waals surface area contributed by atoms with Crippen molar-refractivity contribution in [2.45, 2.75) is 19.4 Å². The van der Waals surface area contributed by atoms with Crippen LogP contribution in [0.2, 0.25) is 5.02 Å². The lowest BCUT2D eigenvalue weighted by molar-refractivity contribution is 0.0951. The Hall–Kier alpha value is -2.25. The summed E-state index contributed by atoms with van der Waals surface area (Å²) in [7, 11) is -1.80. The van der Waals surface area contributed by atoms with Crippen LogP contribution in [-0.4, -0.2) is 33.7 Å². The molecule has 0 bridgehead atoms. The lowest BCUT2D eigenvalue weighted by Gasteiger charge is -2.29. The number of ether oxygens (including phenoxy) is 1. The molecule has 27 heavy (non-hydrogen) atoms. The first-order valence-electron chi connectivity index (χ1n) is 8.62. The van der Waals surface area contributed by atoms with Gasteiger partial charge in [-0.25, -0.2) is 8.42 Å². The van der Waals surface area contributed by atoms with E-state index in [0.717, 1.165) is 17.7 Å². The van der Waals surface area contributed by atoms with E-state index in [1.54, 1.807) is 19.2 Å². The molecule has 0 aliphatic carbocycles. The maximum Gasteiger partial charge on any atom is 0.251 e. The molecule has 1 fully saturated rings. The number of halogens is 1. The number of sulfonamides is 1. The molecular formula is C19H21ClN2O4S. The zero-order valence-electron chi connectivity index (χ0n) is 14.9. The van der Waals surface area contributed by atoms with Gasteiger partial charge in [0.15, 0.2) is 0 Å². The minimum absolute atomic E-state index is 0.0945. The first-order valence-corrected chi connectivity index (χ1v) is 10.6. The predicted molar refractivity (Wildman–Crippen MR) is 106 cm³/mol. The Labute approximate surface area is 164 Å². The van der Waals surface area contributed by atoms with Gasteiger partial charge in [0.05, 0.1) is 23.6 Å². The van der Waals surface area contributed by atoms with Crippen LogP contribution < -0.4 is 14.4 Å². The topological polar surface area (TPSA) is 75.7 Å². The Kier molecular flexibility index (Phi) is 5.92. The minimum atomic E-state index is -3.40. The summed E-state index contributed by atoms with van der Waals surface area (Å²) in [5, 5.41) is 3.14. The van der Waals surface area contributed by atoms with Crippen LogP contribution in [0.25, 0.3) is 0 Å². The molecule has 0 aromatic heterocycles. The van der Waals surface area contributed by atoms with Crippen molar-refractivity contribution in [2.75, 3.05) is 23.7 Å². The summed E-state index contributed by atoms with van der Waals surface area (Å²) in [4.78, 5) is 12.5. The highest BCUT2D eigenvalue weighted by Gasteiger charge is 2.28. The predicted octanol–water partition coefficient (Wildman–Crippen LogP) is 3.21. The quantitative estimate of drug-likeness (QED) is 0.824. The number of carbonyl (C=O) groups is 1. The van der Waals surface area contributed by atoms with Crippen molar-refractivity contribution in [1.82, 2.24) is 5.32 Å². The monoisotopic (exact) mass is 408 g/mol. The molecule has 8 heteroatoms. The molecule has 0 unspecified atom stereocenters. The molecule has 0 saturated carbocycles. The summed E-state index contributed by atoms with van der Waals surface area (Å²) in [5.41, 5.74) is 1.65. The molecule has 1 aliphatic heterocycles. The molecule has 2 aromatic carbocycles. The Morgan fingerprint density at radius 3 is 2.59 bits per heavy atom.